The lowest BCUT2D eigenvalue weighted by molar-refractivity contribution is -0.143. The van der Waals surface area contributed by atoms with Crippen molar-refractivity contribution in [2.45, 2.75) is 38.0 Å². The highest BCUT2D eigenvalue weighted by atomic mass is 19.1. The van der Waals surface area contributed by atoms with Crippen LogP contribution in [0.15, 0.2) is 78.9 Å². The van der Waals surface area contributed by atoms with Gasteiger partial charge >= 0.3 is 0 Å². The van der Waals surface area contributed by atoms with Crippen LogP contribution in [0.5, 0.6) is 0 Å². The molecule has 6 nitrogen and oxygen atoms in total. The number of rotatable bonds is 5. The molecule has 0 unspecified atom stereocenters. The molecular formula is C29H26FN3O3. The Bertz CT molecular complexity index is 1380. The Balaban J connectivity index is 1.44. The summed E-state index contributed by atoms with van der Waals surface area (Å²) in [6, 6.07) is 22.7. The number of halogens is 1. The standard InChI is InChI=1S/C29H26FN3O3/c1-2-22-24-25(27(35)33(26(24)34)16-18-10-4-3-5-11-18)29(31-22)20-13-7-9-15-23(20)32(28(29)36)17-19-12-6-8-14-21(19)30/h3-15,22,24-25,31H,2,16-17H2,1H3/t22-,24-,25+,29-/m0/s1. The minimum atomic E-state index is -1.37. The molecule has 3 aliphatic heterocycles. The first-order valence-electron chi connectivity index (χ1n) is 12.3. The normalized spacial score (nSPS) is 26.7. The van der Waals surface area contributed by atoms with E-state index in [1.54, 1.807) is 23.1 Å². The molecule has 4 atom stereocenters. The molecule has 6 rings (SSSR count). The van der Waals surface area contributed by atoms with Gasteiger partial charge in [-0.05, 0) is 24.1 Å². The third-order valence-electron chi connectivity index (χ3n) is 7.87. The van der Waals surface area contributed by atoms with Crippen LogP contribution >= 0.6 is 0 Å². The van der Waals surface area contributed by atoms with Gasteiger partial charge in [-0.25, -0.2) is 4.39 Å². The number of hydrogen-bond donors (Lipinski definition) is 1. The highest BCUT2D eigenvalue weighted by molar-refractivity contribution is 6.16. The summed E-state index contributed by atoms with van der Waals surface area (Å²) in [4.78, 5) is 44.7. The SMILES string of the molecule is CC[C@@H]1N[C@]2(C(=O)N(Cc3ccccc3F)c3ccccc32)[C@H]2C(=O)N(Cc3ccccc3)C(=O)[C@@H]12. The lowest BCUT2D eigenvalue weighted by atomic mass is 9.76. The van der Waals surface area contributed by atoms with Gasteiger partial charge in [0.15, 0.2) is 0 Å². The van der Waals surface area contributed by atoms with Gasteiger partial charge in [-0.3, -0.25) is 24.6 Å². The molecule has 2 saturated heterocycles. The minimum Gasteiger partial charge on any atom is -0.306 e. The Hall–Kier alpha value is -3.84. The summed E-state index contributed by atoms with van der Waals surface area (Å²) >= 11 is 0. The minimum absolute atomic E-state index is 0.0377. The van der Waals surface area contributed by atoms with Crippen LogP contribution in [0.25, 0.3) is 0 Å². The predicted molar refractivity (Wildman–Crippen MR) is 132 cm³/mol. The van der Waals surface area contributed by atoms with E-state index in [2.05, 4.69) is 5.32 Å². The molecule has 7 heteroatoms. The molecule has 3 aromatic carbocycles. The largest absolute Gasteiger partial charge is 0.306 e. The van der Waals surface area contributed by atoms with Gasteiger partial charge in [0, 0.05) is 22.9 Å². The van der Waals surface area contributed by atoms with Crippen LogP contribution in [0.3, 0.4) is 0 Å². The first-order chi connectivity index (χ1) is 17.5. The van der Waals surface area contributed by atoms with Gasteiger partial charge in [0.1, 0.15) is 11.4 Å². The predicted octanol–water partition coefficient (Wildman–Crippen LogP) is 3.75. The number of likely N-dealkylation sites (tertiary alicyclic amines) is 1. The van der Waals surface area contributed by atoms with Crippen LogP contribution in [0.4, 0.5) is 10.1 Å². The molecule has 3 aliphatic rings. The highest BCUT2D eigenvalue weighted by Crippen LogP contribution is 2.55. The molecule has 2 fully saturated rings. The first-order valence-corrected chi connectivity index (χ1v) is 12.3. The fraction of sp³-hybridized carbons (Fsp3) is 0.276. The van der Waals surface area contributed by atoms with Crippen molar-refractivity contribution in [3.63, 3.8) is 0 Å². The second kappa shape index (κ2) is 8.38. The number of nitrogens with one attached hydrogen (secondary N) is 1. The number of anilines is 1. The summed E-state index contributed by atoms with van der Waals surface area (Å²) in [7, 11) is 0. The summed E-state index contributed by atoms with van der Waals surface area (Å²) in [6.45, 7) is 2.16. The number of hydrogen-bond acceptors (Lipinski definition) is 4. The third-order valence-corrected chi connectivity index (χ3v) is 7.87. The quantitative estimate of drug-likeness (QED) is 0.562. The number of amides is 3. The van der Waals surface area contributed by atoms with E-state index in [1.807, 2.05) is 61.5 Å². The number of carbonyl (C=O) groups excluding carboxylic acids is 3. The van der Waals surface area contributed by atoms with E-state index in [9.17, 15) is 18.8 Å². The summed E-state index contributed by atoms with van der Waals surface area (Å²) in [5.41, 5.74) is 1.17. The molecule has 36 heavy (non-hydrogen) atoms. The maximum Gasteiger partial charge on any atom is 0.253 e. The number of nitrogens with zero attached hydrogens (tertiary/aromatic N) is 2. The van der Waals surface area contributed by atoms with E-state index < -0.39 is 23.2 Å². The summed E-state index contributed by atoms with van der Waals surface area (Å²) in [5, 5.41) is 3.45. The lowest BCUT2D eigenvalue weighted by Gasteiger charge is -2.30. The number of benzene rings is 3. The third kappa shape index (κ3) is 3.09. The highest BCUT2D eigenvalue weighted by Gasteiger charge is 2.71. The van der Waals surface area contributed by atoms with Gasteiger partial charge in [0.25, 0.3) is 5.91 Å². The van der Waals surface area contributed by atoms with Crippen LogP contribution in [0.1, 0.15) is 30.0 Å². The number of carbonyl (C=O) groups is 3. The maximum atomic E-state index is 14.6. The molecule has 0 aromatic heterocycles. The zero-order valence-electron chi connectivity index (χ0n) is 19.9. The van der Waals surface area contributed by atoms with Crippen molar-refractivity contribution in [1.29, 1.82) is 0 Å². The van der Waals surface area contributed by atoms with Crippen molar-refractivity contribution in [2.75, 3.05) is 4.90 Å². The molecule has 0 saturated carbocycles. The van der Waals surface area contributed by atoms with Crippen molar-refractivity contribution < 1.29 is 18.8 Å². The molecule has 0 bridgehead atoms. The van der Waals surface area contributed by atoms with Crippen LogP contribution in [-0.4, -0.2) is 28.7 Å². The maximum absolute atomic E-state index is 14.6. The zero-order valence-corrected chi connectivity index (χ0v) is 19.9. The van der Waals surface area contributed by atoms with Crippen LogP contribution in [0.2, 0.25) is 0 Å². The molecule has 1 spiro atoms. The fourth-order valence-electron chi connectivity index (χ4n) is 6.24. The number of imide groups is 1. The molecule has 3 amide bonds. The molecule has 3 heterocycles. The fourth-order valence-corrected chi connectivity index (χ4v) is 6.24. The Labute approximate surface area is 208 Å². The molecule has 3 aromatic rings. The van der Waals surface area contributed by atoms with E-state index in [4.69, 9.17) is 0 Å². The first kappa shape index (κ1) is 22.6. The molecule has 0 aliphatic carbocycles. The van der Waals surface area contributed by atoms with Crippen LogP contribution in [-0.2, 0) is 33.0 Å². The van der Waals surface area contributed by atoms with E-state index >= 15 is 0 Å². The van der Waals surface area contributed by atoms with Crippen LogP contribution < -0.4 is 10.2 Å². The van der Waals surface area contributed by atoms with E-state index in [1.165, 1.54) is 11.0 Å². The smallest absolute Gasteiger partial charge is 0.253 e. The van der Waals surface area contributed by atoms with Crippen molar-refractivity contribution in [3.05, 3.63) is 101 Å². The monoisotopic (exact) mass is 483 g/mol. The molecule has 182 valence electrons. The van der Waals surface area contributed by atoms with Crippen molar-refractivity contribution in [1.82, 2.24) is 10.2 Å². The topological polar surface area (TPSA) is 69.7 Å². The Kier molecular flexibility index (Phi) is 5.26. The van der Waals surface area contributed by atoms with Crippen LogP contribution in [0, 0.1) is 17.7 Å². The number of fused-ring (bicyclic) bond motifs is 4. The average molecular weight is 484 g/mol. The summed E-state index contributed by atoms with van der Waals surface area (Å²) in [6.07, 6.45) is 0.587. The second-order valence-electron chi connectivity index (χ2n) is 9.72. The summed E-state index contributed by atoms with van der Waals surface area (Å²) < 4.78 is 14.6. The average Bonchev–Trinajstić information content (AvgIpc) is 3.46. The molecule has 0 radical (unpaired) electrons. The van der Waals surface area contributed by atoms with E-state index in [0.29, 0.717) is 23.2 Å². The Morgan fingerprint density at radius 1 is 0.833 bits per heavy atom. The number of para-hydroxylation sites is 1. The Morgan fingerprint density at radius 3 is 2.28 bits per heavy atom. The van der Waals surface area contributed by atoms with Gasteiger partial charge in [-0.1, -0.05) is 73.7 Å². The van der Waals surface area contributed by atoms with Gasteiger partial charge in [0.05, 0.1) is 24.9 Å². The van der Waals surface area contributed by atoms with E-state index in [0.717, 1.165) is 5.56 Å². The molecule has 1 N–H and O–H groups in total. The second-order valence-corrected chi connectivity index (χ2v) is 9.72. The summed E-state index contributed by atoms with van der Waals surface area (Å²) in [5.74, 6) is -2.81. The van der Waals surface area contributed by atoms with Crippen molar-refractivity contribution >= 4 is 23.4 Å². The van der Waals surface area contributed by atoms with Gasteiger partial charge in [-0.2, -0.15) is 0 Å². The lowest BCUT2D eigenvalue weighted by Crippen LogP contribution is -2.55. The zero-order chi connectivity index (χ0) is 25.0. The van der Waals surface area contributed by atoms with Gasteiger partial charge < -0.3 is 4.90 Å². The van der Waals surface area contributed by atoms with E-state index in [-0.39, 0.29) is 36.9 Å². The van der Waals surface area contributed by atoms with Crippen molar-refractivity contribution in [2.24, 2.45) is 11.8 Å². The Morgan fingerprint density at radius 2 is 1.53 bits per heavy atom. The van der Waals surface area contributed by atoms with Crippen molar-refractivity contribution in [3.8, 4) is 0 Å². The molecular weight excluding hydrogens is 457 g/mol. The van der Waals surface area contributed by atoms with Gasteiger partial charge in [0.2, 0.25) is 11.8 Å². The van der Waals surface area contributed by atoms with Gasteiger partial charge in [-0.15, -0.1) is 0 Å².